The van der Waals surface area contributed by atoms with Gasteiger partial charge in [0.1, 0.15) is 5.75 Å². The second-order valence-corrected chi connectivity index (χ2v) is 7.43. The minimum atomic E-state index is -0.747. The molecule has 31 heavy (non-hydrogen) atoms. The topological polar surface area (TPSA) is 75.7 Å². The van der Waals surface area contributed by atoms with E-state index < -0.39 is 17.9 Å². The molecule has 6 nitrogen and oxygen atoms in total. The molecule has 0 bridgehead atoms. The smallest absolute Gasteiger partial charge is 0.262 e. The van der Waals surface area contributed by atoms with E-state index in [9.17, 15) is 14.4 Å². The predicted molar refractivity (Wildman–Crippen MR) is 117 cm³/mol. The molecule has 3 aromatic rings. The first kappa shape index (κ1) is 20.3. The summed E-state index contributed by atoms with van der Waals surface area (Å²) < 4.78 is 5.21. The second kappa shape index (κ2) is 8.44. The zero-order valence-electron chi connectivity index (χ0n) is 17.3. The standard InChI is InChI=1S/C25H22N2O4/c1-16-7-11-18(12-8-16)26-23(28)15-22(17-9-13-19(31-2)14-10-17)27-24(29)20-5-3-4-6-21(20)25(27)30/h3-14,22H,15H2,1-2H3,(H,26,28)/t22-/m0/s1. The van der Waals surface area contributed by atoms with Gasteiger partial charge in [0.2, 0.25) is 5.91 Å². The first-order valence-corrected chi connectivity index (χ1v) is 9.95. The van der Waals surface area contributed by atoms with Crippen molar-refractivity contribution < 1.29 is 19.1 Å². The maximum absolute atomic E-state index is 13.1. The number of fused-ring (bicyclic) bond motifs is 1. The van der Waals surface area contributed by atoms with Crippen LogP contribution in [0.4, 0.5) is 5.69 Å². The molecule has 0 unspecified atom stereocenters. The van der Waals surface area contributed by atoms with Gasteiger partial charge >= 0.3 is 0 Å². The maximum atomic E-state index is 13.1. The van der Waals surface area contributed by atoms with Crippen molar-refractivity contribution in [2.75, 3.05) is 12.4 Å². The Morgan fingerprint density at radius 2 is 1.48 bits per heavy atom. The van der Waals surface area contributed by atoms with Gasteiger partial charge in [0.05, 0.1) is 30.7 Å². The van der Waals surface area contributed by atoms with Gasteiger partial charge in [0.15, 0.2) is 0 Å². The maximum Gasteiger partial charge on any atom is 0.262 e. The number of methoxy groups -OCH3 is 1. The van der Waals surface area contributed by atoms with Crippen LogP contribution in [-0.2, 0) is 4.79 Å². The highest BCUT2D eigenvalue weighted by Crippen LogP contribution is 2.34. The highest BCUT2D eigenvalue weighted by atomic mass is 16.5. The minimum absolute atomic E-state index is 0.0638. The SMILES string of the molecule is COc1ccc([C@H](CC(=O)Nc2ccc(C)cc2)N2C(=O)c3ccccc3C2=O)cc1. The van der Waals surface area contributed by atoms with E-state index in [0.29, 0.717) is 28.1 Å². The number of amides is 3. The summed E-state index contributed by atoms with van der Waals surface area (Å²) in [5, 5.41) is 2.85. The number of hydrogen-bond acceptors (Lipinski definition) is 4. The van der Waals surface area contributed by atoms with Crippen LogP contribution in [0.25, 0.3) is 0 Å². The Bertz CT molecular complexity index is 1100. The quantitative estimate of drug-likeness (QED) is 0.608. The van der Waals surface area contributed by atoms with Gasteiger partial charge < -0.3 is 10.1 Å². The highest BCUT2D eigenvalue weighted by molar-refractivity contribution is 6.21. The number of aryl methyl sites for hydroxylation is 1. The molecule has 156 valence electrons. The number of ether oxygens (including phenoxy) is 1. The van der Waals surface area contributed by atoms with Gasteiger partial charge in [-0.15, -0.1) is 0 Å². The molecular weight excluding hydrogens is 392 g/mol. The lowest BCUT2D eigenvalue weighted by atomic mass is 10.0. The number of nitrogens with one attached hydrogen (secondary N) is 1. The fraction of sp³-hybridized carbons (Fsp3) is 0.160. The van der Waals surface area contributed by atoms with Gasteiger partial charge in [-0.3, -0.25) is 19.3 Å². The van der Waals surface area contributed by atoms with Gasteiger partial charge in [-0.2, -0.15) is 0 Å². The molecule has 6 heteroatoms. The van der Waals surface area contributed by atoms with Crippen molar-refractivity contribution in [2.24, 2.45) is 0 Å². The molecule has 4 rings (SSSR count). The number of imide groups is 1. The van der Waals surface area contributed by atoms with Crippen LogP contribution in [0, 0.1) is 6.92 Å². The van der Waals surface area contributed by atoms with Crippen LogP contribution >= 0.6 is 0 Å². The van der Waals surface area contributed by atoms with Crippen molar-refractivity contribution in [3.05, 3.63) is 95.1 Å². The molecular formula is C25H22N2O4. The van der Waals surface area contributed by atoms with Crippen LogP contribution in [0.3, 0.4) is 0 Å². The van der Waals surface area contributed by atoms with Crippen LogP contribution in [0.5, 0.6) is 5.75 Å². The predicted octanol–water partition coefficient (Wildman–Crippen LogP) is 4.37. The van der Waals surface area contributed by atoms with Gasteiger partial charge in [0.25, 0.3) is 11.8 Å². The summed E-state index contributed by atoms with van der Waals surface area (Å²) in [6.07, 6.45) is -0.0638. The van der Waals surface area contributed by atoms with Crippen LogP contribution < -0.4 is 10.1 Å². The Morgan fingerprint density at radius 1 is 0.903 bits per heavy atom. The van der Waals surface area contributed by atoms with Crippen LogP contribution in [0.15, 0.2) is 72.8 Å². The lowest BCUT2D eigenvalue weighted by Crippen LogP contribution is -2.36. The number of anilines is 1. The number of carbonyl (C=O) groups is 3. The van der Waals surface area contributed by atoms with Gasteiger partial charge in [-0.05, 0) is 48.9 Å². The third-order valence-electron chi connectivity index (χ3n) is 5.35. The first-order chi connectivity index (χ1) is 15.0. The van der Waals surface area contributed by atoms with Crippen molar-refractivity contribution in [1.82, 2.24) is 4.90 Å². The molecule has 1 aliphatic heterocycles. The summed E-state index contributed by atoms with van der Waals surface area (Å²) in [6.45, 7) is 1.97. The lowest BCUT2D eigenvalue weighted by molar-refractivity contribution is -0.117. The zero-order chi connectivity index (χ0) is 22.0. The summed E-state index contributed by atoms with van der Waals surface area (Å²) in [7, 11) is 1.56. The van der Waals surface area contributed by atoms with Gasteiger partial charge in [-0.1, -0.05) is 42.0 Å². The minimum Gasteiger partial charge on any atom is -0.497 e. The van der Waals surface area contributed by atoms with Crippen molar-refractivity contribution in [1.29, 1.82) is 0 Å². The number of carbonyl (C=O) groups excluding carboxylic acids is 3. The second-order valence-electron chi connectivity index (χ2n) is 7.43. The number of rotatable bonds is 6. The van der Waals surface area contributed by atoms with E-state index in [2.05, 4.69) is 5.32 Å². The third kappa shape index (κ3) is 4.05. The summed E-state index contributed by atoms with van der Waals surface area (Å²) in [5.41, 5.74) is 3.12. The lowest BCUT2D eigenvalue weighted by Gasteiger charge is -2.26. The van der Waals surface area contributed by atoms with Crippen LogP contribution in [0.1, 0.15) is 44.3 Å². The van der Waals surface area contributed by atoms with Crippen LogP contribution in [-0.4, -0.2) is 29.7 Å². The van der Waals surface area contributed by atoms with Crippen molar-refractivity contribution in [3.63, 3.8) is 0 Å². The fourth-order valence-electron chi connectivity index (χ4n) is 3.70. The van der Waals surface area contributed by atoms with E-state index in [1.165, 1.54) is 4.90 Å². The normalized spacial score (nSPS) is 13.7. The average Bonchev–Trinajstić information content (AvgIpc) is 3.04. The van der Waals surface area contributed by atoms with Crippen molar-refractivity contribution in [3.8, 4) is 5.75 Å². The van der Waals surface area contributed by atoms with E-state index in [4.69, 9.17) is 4.74 Å². The number of hydrogen-bond donors (Lipinski definition) is 1. The molecule has 0 radical (unpaired) electrons. The molecule has 1 atom stereocenters. The monoisotopic (exact) mass is 414 g/mol. The molecule has 0 spiro atoms. The molecule has 3 aromatic carbocycles. The van der Waals surface area contributed by atoms with Crippen LogP contribution in [0.2, 0.25) is 0 Å². The Morgan fingerprint density at radius 3 is 2.03 bits per heavy atom. The molecule has 1 heterocycles. The summed E-state index contributed by atoms with van der Waals surface area (Å²) >= 11 is 0. The van der Waals surface area contributed by atoms with Crippen molar-refractivity contribution in [2.45, 2.75) is 19.4 Å². The summed E-state index contributed by atoms with van der Waals surface area (Å²) in [4.78, 5) is 40.2. The molecule has 3 amide bonds. The molecule has 0 aliphatic carbocycles. The largest absolute Gasteiger partial charge is 0.497 e. The Kier molecular flexibility index (Phi) is 5.54. The van der Waals surface area contributed by atoms with Crippen molar-refractivity contribution >= 4 is 23.4 Å². The Balaban J connectivity index is 1.65. The molecule has 1 aliphatic rings. The Hall–Kier alpha value is -3.93. The molecule has 0 saturated heterocycles. The summed E-state index contributed by atoms with van der Waals surface area (Å²) in [5.74, 6) is -0.440. The summed E-state index contributed by atoms with van der Waals surface area (Å²) in [6, 6.07) is 20.4. The molecule has 0 aromatic heterocycles. The Labute approximate surface area is 180 Å². The molecule has 1 N–H and O–H groups in total. The number of nitrogens with zero attached hydrogens (tertiary/aromatic N) is 1. The van der Waals surface area contributed by atoms with E-state index in [1.807, 2.05) is 31.2 Å². The number of benzene rings is 3. The van der Waals surface area contributed by atoms with Gasteiger partial charge in [-0.25, -0.2) is 0 Å². The third-order valence-corrected chi connectivity index (χ3v) is 5.35. The average molecular weight is 414 g/mol. The van der Waals surface area contributed by atoms with Gasteiger partial charge in [0, 0.05) is 5.69 Å². The zero-order valence-corrected chi connectivity index (χ0v) is 17.3. The molecule has 0 saturated carbocycles. The fourth-order valence-corrected chi connectivity index (χ4v) is 3.70. The van der Waals surface area contributed by atoms with E-state index in [0.717, 1.165) is 5.56 Å². The molecule has 0 fully saturated rings. The van der Waals surface area contributed by atoms with E-state index in [1.54, 1.807) is 55.6 Å². The highest BCUT2D eigenvalue weighted by Gasteiger charge is 2.41. The van der Waals surface area contributed by atoms with E-state index >= 15 is 0 Å². The first-order valence-electron chi connectivity index (χ1n) is 9.95. The van der Waals surface area contributed by atoms with E-state index in [-0.39, 0.29) is 12.3 Å².